The van der Waals surface area contributed by atoms with Gasteiger partial charge in [0, 0.05) is 36.3 Å². The summed E-state index contributed by atoms with van der Waals surface area (Å²) in [6.45, 7) is 12.0. The molecule has 2 N–H and O–H groups in total. The van der Waals surface area contributed by atoms with E-state index >= 15 is 4.39 Å². The van der Waals surface area contributed by atoms with E-state index in [9.17, 15) is 14.0 Å². The first-order chi connectivity index (χ1) is 21.3. The van der Waals surface area contributed by atoms with Crippen LogP contribution >= 0.6 is 35.0 Å². The van der Waals surface area contributed by atoms with Crippen molar-refractivity contribution < 1.29 is 13.6 Å². The number of hydrogen-bond acceptors (Lipinski definition) is 8. The van der Waals surface area contributed by atoms with E-state index < -0.39 is 33.6 Å². The molecule has 4 aromatic rings. The van der Waals surface area contributed by atoms with Gasteiger partial charge in [-0.25, -0.2) is 23.1 Å². The molecule has 45 heavy (non-hydrogen) atoms. The van der Waals surface area contributed by atoms with E-state index in [1.54, 1.807) is 17.2 Å². The fourth-order valence-electron chi connectivity index (χ4n) is 5.65. The normalized spacial score (nSPS) is 16.9. The van der Waals surface area contributed by atoms with Gasteiger partial charge in [-0.15, -0.1) is 11.8 Å². The molecule has 1 saturated heterocycles. The molecule has 0 aliphatic carbocycles. The van der Waals surface area contributed by atoms with Gasteiger partial charge in [0.15, 0.2) is 11.5 Å². The summed E-state index contributed by atoms with van der Waals surface area (Å²) in [5.74, 6) is -1.98. The summed E-state index contributed by atoms with van der Waals surface area (Å²) in [4.78, 5) is 44.9. The summed E-state index contributed by atoms with van der Waals surface area (Å²) in [6, 6.07) is 3.55. The topological polar surface area (TPSA) is 110 Å². The van der Waals surface area contributed by atoms with Crippen LogP contribution < -0.4 is 16.3 Å². The number of rotatable bonds is 6. The number of carbonyl (C=O) groups is 1. The molecule has 1 aliphatic heterocycles. The maximum atomic E-state index is 15.5. The number of carbonyl (C=O) groups excluding carboxylic acids is 1. The molecule has 9 nitrogen and oxygen atoms in total. The summed E-state index contributed by atoms with van der Waals surface area (Å²) >= 11 is 14.2. The number of nitrogen functional groups attached to an aromatic ring is 1. The molecule has 0 saturated carbocycles. The van der Waals surface area contributed by atoms with Crippen LogP contribution in [0.3, 0.4) is 0 Å². The number of nitrogens with zero attached hydrogens (tertiary/aromatic N) is 6. The zero-order valence-corrected chi connectivity index (χ0v) is 27.6. The summed E-state index contributed by atoms with van der Waals surface area (Å²) < 4.78 is 31.5. The highest BCUT2D eigenvalue weighted by Crippen LogP contribution is 2.41. The van der Waals surface area contributed by atoms with Gasteiger partial charge in [-0.05, 0) is 50.3 Å². The van der Waals surface area contributed by atoms with Crippen LogP contribution in [0, 0.1) is 11.6 Å². The Morgan fingerprint density at radius 1 is 1.16 bits per heavy atom. The van der Waals surface area contributed by atoms with Crippen molar-refractivity contribution in [1.82, 2.24) is 24.4 Å². The maximum Gasteiger partial charge on any atom is 0.355 e. The number of hydrogen-bond donors (Lipinski definition) is 1. The van der Waals surface area contributed by atoms with Crippen molar-refractivity contribution in [3.63, 3.8) is 0 Å². The Kier molecular flexibility index (Phi) is 9.12. The molecule has 1 aromatic carbocycles. The third kappa shape index (κ3) is 5.64. The largest absolute Gasteiger partial charge is 0.396 e. The third-order valence-electron chi connectivity index (χ3n) is 7.87. The van der Waals surface area contributed by atoms with Gasteiger partial charge in [-0.3, -0.25) is 9.78 Å². The van der Waals surface area contributed by atoms with E-state index in [0.717, 1.165) is 11.0 Å². The van der Waals surface area contributed by atoms with E-state index in [-0.39, 0.29) is 46.1 Å². The first-order valence-electron chi connectivity index (χ1n) is 14.1. The smallest absolute Gasteiger partial charge is 0.355 e. The summed E-state index contributed by atoms with van der Waals surface area (Å²) in [6.07, 6.45) is 4.80. The van der Waals surface area contributed by atoms with Gasteiger partial charge in [0.25, 0.3) is 0 Å². The number of fused-ring (bicyclic) bond motifs is 1. The fraction of sp³-hybridized carbons (Fsp3) is 0.323. The second-order valence-corrected chi connectivity index (χ2v) is 12.8. The second-order valence-electron chi connectivity index (χ2n) is 11.1. The van der Waals surface area contributed by atoms with Gasteiger partial charge in [-0.2, -0.15) is 4.98 Å². The SMILES string of the molecule is C=CC(=O)N1C[C@H](C)N(c2nc(=O)n(-c3c(SC)ccnc3C(C)C)c3nc(-c4c(N)c(F)cc(Cl)c4F)c(Cl)cc23)C[C@H]1C. The van der Waals surface area contributed by atoms with E-state index in [2.05, 4.69) is 16.5 Å². The van der Waals surface area contributed by atoms with Crippen LogP contribution in [0.25, 0.3) is 28.0 Å². The van der Waals surface area contributed by atoms with Gasteiger partial charge in [0.2, 0.25) is 5.91 Å². The van der Waals surface area contributed by atoms with E-state index in [0.29, 0.717) is 29.9 Å². The molecule has 0 bridgehead atoms. The fourth-order valence-corrected chi connectivity index (χ4v) is 6.67. The van der Waals surface area contributed by atoms with Crippen LogP contribution in [0.1, 0.15) is 39.3 Å². The standard InChI is InChI=1S/C31H31Cl2F2N7O2S/c1-7-22(43)40-12-16(5)41(13-15(40)4)29-17-10-19(33)27(23-24(35)18(32)11-20(34)25(23)36)38-30(17)42(31(44)39-29)28-21(45-6)8-9-37-26(28)14(2)3/h7-11,14-16H,1,12-13,36H2,2-6H3/t15-,16+/m1/s1. The molecule has 5 rings (SSSR count). The zero-order chi connectivity index (χ0) is 32.9. The lowest BCUT2D eigenvalue weighted by Crippen LogP contribution is -2.58. The molecular weight excluding hydrogens is 643 g/mol. The molecule has 3 aromatic heterocycles. The molecule has 236 valence electrons. The number of pyridine rings is 2. The number of amides is 1. The first-order valence-corrected chi connectivity index (χ1v) is 16.1. The third-order valence-corrected chi connectivity index (χ3v) is 9.20. The average molecular weight is 675 g/mol. The molecule has 1 amide bonds. The quantitative estimate of drug-likeness (QED) is 0.107. The van der Waals surface area contributed by atoms with Crippen LogP contribution in [0.2, 0.25) is 10.0 Å². The molecule has 0 radical (unpaired) electrons. The maximum absolute atomic E-state index is 15.5. The molecule has 1 fully saturated rings. The zero-order valence-electron chi connectivity index (χ0n) is 25.2. The van der Waals surface area contributed by atoms with Crippen molar-refractivity contribution in [2.45, 2.75) is 50.6 Å². The monoisotopic (exact) mass is 673 g/mol. The number of halogens is 4. The van der Waals surface area contributed by atoms with Crippen LogP contribution in [0.4, 0.5) is 20.3 Å². The number of piperazine rings is 1. The molecule has 2 atom stereocenters. The van der Waals surface area contributed by atoms with Crippen molar-refractivity contribution in [2.75, 3.05) is 30.0 Å². The van der Waals surface area contributed by atoms with Gasteiger partial charge in [0.1, 0.15) is 11.6 Å². The van der Waals surface area contributed by atoms with Gasteiger partial charge >= 0.3 is 5.69 Å². The molecular formula is C31H31Cl2F2N7O2S. The first kappa shape index (κ1) is 32.6. The predicted octanol–water partition coefficient (Wildman–Crippen LogP) is 6.47. The van der Waals surface area contributed by atoms with Crippen LogP contribution in [-0.2, 0) is 4.79 Å². The van der Waals surface area contributed by atoms with E-state index in [4.69, 9.17) is 33.9 Å². The summed E-state index contributed by atoms with van der Waals surface area (Å²) in [5.41, 5.74) is 5.32. The Balaban J connectivity index is 1.89. The number of thioether (sulfide) groups is 1. The van der Waals surface area contributed by atoms with Crippen molar-refractivity contribution in [1.29, 1.82) is 0 Å². The van der Waals surface area contributed by atoms with Gasteiger partial charge in [-0.1, -0.05) is 43.6 Å². The Morgan fingerprint density at radius 3 is 2.51 bits per heavy atom. The number of anilines is 2. The van der Waals surface area contributed by atoms with E-state index in [1.165, 1.54) is 28.5 Å². The molecule has 0 unspecified atom stereocenters. The Morgan fingerprint density at radius 2 is 1.87 bits per heavy atom. The molecule has 14 heteroatoms. The highest BCUT2D eigenvalue weighted by Gasteiger charge is 2.34. The Hall–Kier alpha value is -3.74. The highest BCUT2D eigenvalue weighted by atomic mass is 35.5. The molecule has 0 spiro atoms. The lowest BCUT2D eigenvalue weighted by molar-refractivity contribution is -0.128. The minimum absolute atomic E-state index is 0.0652. The summed E-state index contributed by atoms with van der Waals surface area (Å²) in [7, 11) is 0. The van der Waals surface area contributed by atoms with Crippen LogP contribution in [0.15, 0.2) is 46.7 Å². The summed E-state index contributed by atoms with van der Waals surface area (Å²) in [5, 5.41) is -0.196. The molecule has 4 heterocycles. The Labute approximate surface area is 273 Å². The van der Waals surface area contributed by atoms with Crippen LogP contribution in [-0.4, -0.2) is 61.8 Å². The minimum atomic E-state index is -1.01. The molecule has 1 aliphatic rings. The van der Waals surface area contributed by atoms with E-state index in [1.807, 2.05) is 38.9 Å². The van der Waals surface area contributed by atoms with Crippen molar-refractivity contribution in [2.24, 2.45) is 0 Å². The lowest BCUT2D eigenvalue weighted by atomic mass is 10.0. The van der Waals surface area contributed by atoms with Gasteiger partial charge in [0.05, 0.1) is 43.8 Å². The predicted molar refractivity (Wildman–Crippen MR) is 177 cm³/mol. The minimum Gasteiger partial charge on any atom is -0.396 e. The van der Waals surface area contributed by atoms with Crippen LogP contribution in [0.5, 0.6) is 0 Å². The van der Waals surface area contributed by atoms with Gasteiger partial charge < -0.3 is 15.5 Å². The second kappa shape index (κ2) is 12.6. The highest BCUT2D eigenvalue weighted by molar-refractivity contribution is 7.98. The number of benzene rings is 1. The number of nitrogens with two attached hydrogens (primary N) is 1. The Bertz CT molecular complexity index is 1890. The average Bonchev–Trinajstić information content (AvgIpc) is 3.00. The number of aromatic nitrogens is 4. The van der Waals surface area contributed by atoms with Crippen molar-refractivity contribution >= 4 is 63.4 Å². The lowest BCUT2D eigenvalue weighted by Gasteiger charge is -2.44. The van der Waals surface area contributed by atoms with Crippen molar-refractivity contribution in [3.8, 4) is 16.9 Å². The van der Waals surface area contributed by atoms with Crippen molar-refractivity contribution in [3.05, 3.63) is 74.9 Å².